The Bertz CT molecular complexity index is 1670. The summed E-state index contributed by atoms with van der Waals surface area (Å²) in [6.07, 6.45) is 0. The lowest BCUT2D eigenvalue weighted by atomic mass is 10.2. The summed E-state index contributed by atoms with van der Waals surface area (Å²) in [6.45, 7) is 0. The average Bonchev–Trinajstić information content (AvgIpc) is 3.60. The molecule has 10 heteroatoms. The van der Waals surface area contributed by atoms with Crippen molar-refractivity contribution in [3.05, 3.63) is 82.8 Å². The van der Waals surface area contributed by atoms with E-state index in [2.05, 4.69) is 9.97 Å². The number of hydrogen-bond acceptors (Lipinski definition) is 8. The van der Waals surface area contributed by atoms with Gasteiger partial charge >= 0.3 is 0 Å². The fourth-order valence-corrected chi connectivity index (χ4v) is 6.20. The molecule has 2 heterocycles. The molecule has 0 unspecified atom stereocenters. The van der Waals surface area contributed by atoms with E-state index in [1.807, 2.05) is 72.8 Å². The van der Waals surface area contributed by atoms with Crippen LogP contribution in [-0.4, -0.2) is 38.4 Å². The first-order valence-electron chi connectivity index (χ1n) is 12.0. The molecule has 0 atom stereocenters. The normalized spacial score (nSPS) is 10.8. The van der Waals surface area contributed by atoms with Crippen molar-refractivity contribution < 1.29 is 18.9 Å². The van der Waals surface area contributed by atoms with E-state index in [0.29, 0.717) is 33.0 Å². The van der Waals surface area contributed by atoms with Crippen LogP contribution >= 0.6 is 45.9 Å². The van der Waals surface area contributed by atoms with E-state index in [1.165, 1.54) is 0 Å². The van der Waals surface area contributed by atoms with Gasteiger partial charge in [0.1, 0.15) is 10.0 Å². The Morgan fingerprint density at radius 1 is 0.500 bits per heavy atom. The second kappa shape index (κ2) is 12.3. The van der Waals surface area contributed by atoms with Crippen LogP contribution in [0.15, 0.2) is 72.8 Å². The van der Waals surface area contributed by atoms with Crippen molar-refractivity contribution in [3.63, 3.8) is 0 Å². The molecule has 40 heavy (non-hydrogen) atoms. The van der Waals surface area contributed by atoms with Crippen LogP contribution in [0.5, 0.6) is 23.0 Å². The van der Waals surface area contributed by atoms with E-state index in [-0.39, 0.29) is 0 Å². The number of thiazole rings is 2. The van der Waals surface area contributed by atoms with Crippen molar-refractivity contribution in [2.24, 2.45) is 0 Å². The van der Waals surface area contributed by atoms with E-state index in [4.69, 9.17) is 42.1 Å². The van der Waals surface area contributed by atoms with Crippen molar-refractivity contribution in [2.75, 3.05) is 28.4 Å². The molecule has 2 aromatic heterocycles. The third kappa shape index (κ3) is 5.95. The molecule has 6 aromatic rings. The lowest BCUT2D eigenvalue weighted by molar-refractivity contribution is 0.355. The molecular formula is C30H24Cl2N2O4S2. The van der Waals surface area contributed by atoms with Crippen LogP contribution in [0.2, 0.25) is 10.0 Å². The Balaban J connectivity index is 0.000000161. The Morgan fingerprint density at radius 2 is 0.900 bits per heavy atom. The molecule has 204 valence electrons. The van der Waals surface area contributed by atoms with E-state index < -0.39 is 0 Å². The minimum absolute atomic E-state index is 0.696. The molecule has 6 nitrogen and oxygen atoms in total. The Hall–Kier alpha value is -3.56. The molecular weight excluding hydrogens is 587 g/mol. The molecule has 4 aromatic carbocycles. The topological polar surface area (TPSA) is 62.7 Å². The molecule has 0 fully saturated rings. The summed E-state index contributed by atoms with van der Waals surface area (Å²) in [6, 6.07) is 23.0. The number of rotatable bonds is 6. The second-order valence-electron chi connectivity index (χ2n) is 8.40. The number of ether oxygens (including phenoxy) is 4. The van der Waals surface area contributed by atoms with Gasteiger partial charge in [0.15, 0.2) is 23.0 Å². The zero-order chi connectivity index (χ0) is 28.2. The highest BCUT2D eigenvalue weighted by Crippen LogP contribution is 2.37. The van der Waals surface area contributed by atoms with Gasteiger partial charge in [0, 0.05) is 21.2 Å². The Labute approximate surface area is 249 Å². The van der Waals surface area contributed by atoms with Crippen LogP contribution in [0.1, 0.15) is 0 Å². The van der Waals surface area contributed by atoms with Crippen LogP contribution < -0.4 is 18.9 Å². The lowest BCUT2D eigenvalue weighted by Gasteiger charge is -2.08. The lowest BCUT2D eigenvalue weighted by Crippen LogP contribution is -1.90. The van der Waals surface area contributed by atoms with Crippen molar-refractivity contribution in [1.82, 2.24) is 9.97 Å². The number of nitrogens with zero attached hydrogens (tertiary/aromatic N) is 2. The SMILES string of the molecule is COc1ccc(-c2nc3cc(Cl)ccc3s2)cc1OC.COc1ccc(-c2nc3cc(Cl)ccc3s2)cc1OC. The first kappa shape index (κ1) is 28.0. The fraction of sp³-hybridized carbons (Fsp3) is 0.133. The monoisotopic (exact) mass is 610 g/mol. The minimum atomic E-state index is 0.696. The quantitative estimate of drug-likeness (QED) is 0.187. The average molecular weight is 612 g/mol. The van der Waals surface area contributed by atoms with Crippen molar-refractivity contribution in [1.29, 1.82) is 0 Å². The largest absolute Gasteiger partial charge is 0.493 e. The van der Waals surface area contributed by atoms with E-state index in [0.717, 1.165) is 41.6 Å². The van der Waals surface area contributed by atoms with Gasteiger partial charge in [-0.15, -0.1) is 22.7 Å². The molecule has 0 aliphatic heterocycles. The molecule has 0 aliphatic rings. The van der Waals surface area contributed by atoms with E-state index >= 15 is 0 Å². The highest BCUT2D eigenvalue weighted by molar-refractivity contribution is 7.22. The van der Waals surface area contributed by atoms with Crippen LogP contribution in [0.3, 0.4) is 0 Å². The number of benzene rings is 4. The van der Waals surface area contributed by atoms with Crippen molar-refractivity contribution in [3.8, 4) is 44.1 Å². The van der Waals surface area contributed by atoms with Gasteiger partial charge < -0.3 is 18.9 Å². The van der Waals surface area contributed by atoms with Gasteiger partial charge in [-0.05, 0) is 72.8 Å². The highest BCUT2D eigenvalue weighted by atomic mass is 35.5. The summed E-state index contributed by atoms with van der Waals surface area (Å²) < 4.78 is 23.3. The van der Waals surface area contributed by atoms with Gasteiger partial charge in [-0.1, -0.05) is 23.2 Å². The third-order valence-electron chi connectivity index (χ3n) is 5.96. The zero-order valence-corrected chi connectivity index (χ0v) is 25.2. The van der Waals surface area contributed by atoms with Gasteiger partial charge in [0.25, 0.3) is 0 Å². The molecule has 0 aliphatic carbocycles. The summed E-state index contributed by atoms with van der Waals surface area (Å²) in [5, 5.41) is 3.26. The number of hydrogen-bond donors (Lipinski definition) is 0. The molecule has 0 amide bonds. The smallest absolute Gasteiger partial charge is 0.161 e. The standard InChI is InChI=1S/2C15H12ClNO2S/c2*1-18-12-5-3-9(7-13(12)19-2)15-17-11-8-10(16)4-6-14(11)20-15/h2*3-8H,1-2H3. The molecule has 6 rings (SSSR count). The fourth-order valence-electron chi connectivity index (χ4n) is 3.99. The number of methoxy groups -OCH3 is 4. The van der Waals surface area contributed by atoms with Gasteiger partial charge in [0.2, 0.25) is 0 Å². The van der Waals surface area contributed by atoms with Gasteiger partial charge in [0.05, 0.1) is 48.9 Å². The highest BCUT2D eigenvalue weighted by Gasteiger charge is 2.12. The summed E-state index contributed by atoms with van der Waals surface area (Å²) in [7, 11) is 6.49. The van der Waals surface area contributed by atoms with Crippen LogP contribution in [-0.2, 0) is 0 Å². The predicted molar refractivity (Wildman–Crippen MR) is 166 cm³/mol. The molecule has 0 spiro atoms. The van der Waals surface area contributed by atoms with E-state index in [9.17, 15) is 0 Å². The molecule has 0 N–H and O–H groups in total. The summed E-state index contributed by atoms with van der Waals surface area (Å²) in [5.41, 5.74) is 3.82. The van der Waals surface area contributed by atoms with Crippen molar-refractivity contribution in [2.45, 2.75) is 0 Å². The van der Waals surface area contributed by atoms with Crippen molar-refractivity contribution >= 4 is 66.3 Å². The maximum atomic E-state index is 5.99. The van der Waals surface area contributed by atoms with Gasteiger partial charge in [-0.2, -0.15) is 0 Å². The van der Waals surface area contributed by atoms with Crippen LogP contribution in [0.4, 0.5) is 0 Å². The second-order valence-corrected chi connectivity index (χ2v) is 11.3. The van der Waals surface area contributed by atoms with Crippen LogP contribution in [0.25, 0.3) is 41.6 Å². The number of aromatic nitrogens is 2. The Kier molecular flexibility index (Phi) is 8.61. The number of halogens is 2. The maximum Gasteiger partial charge on any atom is 0.161 e. The van der Waals surface area contributed by atoms with Gasteiger partial charge in [-0.3, -0.25) is 0 Å². The summed E-state index contributed by atoms with van der Waals surface area (Å²) in [4.78, 5) is 9.22. The molecule has 0 saturated carbocycles. The first-order valence-corrected chi connectivity index (χ1v) is 14.4. The summed E-state index contributed by atoms with van der Waals surface area (Å²) >= 11 is 15.2. The Morgan fingerprint density at radius 3 is 1.27 bits per heavy atom. The predicted octanol–water partition coefficient (Wildman–Crippen LogP) is 9.27. The molecule has 0 radical (unpaired) electrons. The molecule has 0 bridgehead atoms. The molecule has 0 saturated heterocycles. The maximum absolute atomic E-state index is 5.99. The summed E-state index contributed by atoms with van der Waals surface area (Å²) in [5.74, 6) is 2.81. The van der Waals surface area contributed by atoms with E-state index in [1.54, 1.807) is 51.1 Å². The first-order chi connectivity index (χ1) is 19.4. The third-order valence-corrected chi connectivity index (χ3v) is 8.60. The zero-order valence-electron chi connectivity index (χ0n) is 22.0. The van der Waals surface area contributed by atoms with Crippen LogP contribution in [0, 0.1) is 0 Å². The van der Waals surface area contributed by atoms with Gasteiger partial charge in [-0.25, -0.2) is 9.97 Å². The minimum Gasteiger partial charge on any atom is -0.493 e. The number of fused-ring (bicyclic) bond motifs is 2.